The summed E-state index contributed by atoms with van der Waals surface area (Å²) in [5.74, 6) is 0.698. The summed E-state index contributed by atoms with van der Waals surface area (Å²) in [7, 11) is 0. The second-order valence-electron chi connectivity index (χ2n) is 5.43. The molecular weight excluding hydrogens is 332 g/mol. The first-order valence-corrected chi connectivity index (χ1v) is 8.74. The van der Waals surface area contributed by atoms with E-state index in [9.17, 15) is 0 Å². The molecule has 3 rings (SSSR count). The number of halogens is 1. The average molecular weight is 351 g/mol. The van der Waals surface area contributed by atoms with Crippen LogP contribution in [0.2, 0.25) is 5.02 Å². The summed E-state index contributed by atoms with van der Waals surface area (Å²) in [6, 6.07) is 7.50. The SMILES string of the molecule is CC(=Cc1nsc(Nc2ccc(Cl)cc2)n1)NCC1CCCO1. The predicted molar refractivity (Wildman–Crippen MR) is 95.3 cm³/mol. The maximum absolute atomic E-state index is 5.88. The van der Waals surface area contributed by atoms with Gasteiger partial charge in [-0.1, -0.05) is 11.6 Å². The van der Waals surface area contributed by atoms with Crippen LogP contribution in [0.5, 0.6) is 0 Å². The van der Waals surface area contributed by atoms with Crippen molar-refractivity contribution in [1.82, 2.24) is 14.7 Å². The number of allylic oxidation sites excluding steroid dienone is 1. The number of aromatic nitrogens is 2. The van der Waals surface area contributed by atoms with Crippen LogP contribution in [0.25, 0.3) is 6.08 Å². The quantitative estimate of drug-likeness (QED) is 0.822. The van der Waals surface area contributed by atoms with Crippen molar-refractivity contribution in [1.29, 1.82) is 0 Å². The largest absolute Gasteiger partial charge is 0.386 e. The van der Waals surface area contributed by atoms with Gasteiger partial charge in [0.2, 0.25) is 5.13 Å². The molecule has 1 aromatic heterocycles. The highest BCUT2D eigenvalue weighted by atomic mass is 35.5. The smallest absolute Gasteiger partial charge is 0.207 e. The molecule has 1 aliphatic rings. The lowest BCUT2D eigenvalue weighted by Gasteiger charge is -2.11. The zero-order valence-corrected chi connectivity index (χ0v) is 14.5. The molecular formula is C16H19ClN4OS. The third-order valence-electron chi connectivity index (χ3n) is 3.52. The molecule has 23 heavy (non-hydrogen) atoms. The van der Waals surface area contributed by atoms with E-state index >= 15 is 0 Å². The second-order valence-corrected chi connectivity index (χ2v) is 6.62. The minimum atomic E-state index is 0.323. The number of benzene rings is 1. The van der Waals surface area contributed by atoms with Gasteiger partial charge >= 0.3 is 0 Å². The molecule has 1 aromatic carbocycles. The molecule has 1 fully saturated rings. The molecule has 0 bridgehead atoms. The van der Waals surface area contributed by atoms with E-state index in [1.165, 1.54) is 11.5 Å². The number of nitrogens with one attached hydrogen (secondary N) is 2. The molecule has 1 unspecified atom stereocenters. The van der Waals surface area contributed by atoms with Crippen molar-refractivity contribution in [2.75, 3.05) is 18.5 Å². The van der Waals surface area contributed by atoms with E-state index in [1.807, 2.05) is 37.3 Å². The number of nitrogens with zero attached hydrogens (tertiary/aromatic N) is 2. The molecule has 2 heterocycles. The summed E-state index contributed by atoms with van der Waals surface area (Å²) in [6.07, 6.45) is 4.55. The van der Waals surface area contributed by atoms with Crippen molar-refractivity contribution in [2.24, 2.45) is 0 Å². The van der Waals surface area contributed by atoms with Crippen LogP contribution in [0.3, 0.4) is 0 Å². The van der Waals surface area contributed by atoms with E-state index in [2.05, 4.69) is 20.0 Å². The molecule has 122 valence electrons. The lowest BCUT2D eigenvalue weighted by atomic mass is 10.2. The molecule has 0 spiro atoms. The maximum Gasteiger partial charge on any atom is 0.207 e. The monoisotopic (exact) mass is 350 g/mol. The molecule has 0 amide bonds. The molecule has 1 atom stereocenters. The topological polar surface area (TPSA) is 59.1 Å². The van der Waals surface area contributed by atoms with Gasteiger partial charge < -0.3 is 15.4 Å². The van der Waals surface area contributed by atoms with Crippen LogP contribution in [-0.2, 0) is 4.74 Å². The lowest BCUT2D eigenvalue weighted by molar-refractivity contribution is 0.112. The van der Waals surface area contributed by atoms with E-state index in [1.54, 1.807) is 0 Å². The summed E-state index contributed by atoms with van der Waals surface area (Å²) < 4.78 is 9.94. The molecule has 0 aliphatic carbocycles. The predicted octanol–water partition coefficient (Wildman–Crippen LogP) is 4.06. The number of ether oxygens (including phenoxy) is 1. The first-order chi connectivity index (χ1) is 11.2. The minimum Gasteiger partial charge on any atom is -0.386 e. The maximum atomic E-state index is 5.88. The zero-order valence-electron chi connectivity index (χ0n) is 12.9. The van der Waals surface area contributed by atoms with Crippen LogP contribution in [-0.4, -0.2) is 28.6 Å². The fourth-order valence-corrected chi connectivity index (χ4v) is 3.02. The Kier molecular flexibility index (Phi) is 5.48. The molecule has 5 nitrogen and oxygen atoms in total. The van der Waals surface area contributed by atoms with Gasteiger partial charge in [0, 0.05) is 47.2 Å². The summed E-state index contributed by atoms with van der Waals surface area (Å²) in [5.41, 5.74) is 1.98. The van der Waals surface area contributed by atoms with Gasteiger partial charge in [-0.3, -0.25) is 0 Å². The summed E-state index contributed by atoms with van der Waals surface area (Å²) in [4.78, 5) is 4.46. The fraction of sp³-hybridized carbons (Fsp3) is 0.375. The van der Waals surface area contributed by atoms with E-state index in [0.717, 1.165) is 42.5 Å². The fourth-order valence-electron chi connectivity index (χ4n) is 2.33. The van der Waals surface area contributed by atoms with Gasteiger partial charge in [-0.2, -0.15) is 9.36 Å². The molecule has 7 heteroatoms. The van der Waals surface area contributed by atoms with Crippen LogP contribution < -0.4 is 10.6 Å². The Morgan fingerprint density at radius 1 is 1.43 bits per heavy atom. The van der Waals surface area contributed by atoms with E-state index in [-0.39, 0.29) is 0 Å². The third-order valence-corrected chi connectivity index (χ3v) is 4.41. The van der Waals surface area contributed by atoms with Crippen molar-refractivity contribution in [3.8, 4) is 0 Å². The summed E-state index contributed by atoms with van der Waals surface area (Å²) in [5, 5.41) is 8.05. The number of hydrogen-bond acceptors (Lipinski definition) is 6. The third kappa shape index (κ3) is 4.92. The highest BCUT2D eigenvalue weighted by molar-refractivity contribution is 7.09. The van der Waals surface area contributed by atoms with Crippen LogP contribution in [0, 0.1) is 0 Å². The van der Waals surface area contributed by atoms with Crippen molar-refractivity contribution >= 4 is 40.0 Å². The number of rotatable bonds is 6. The summed E-state index contributed by atoms with van der Waals surface area (Å²) in [6.45, 7) is 3.73. The van der Waals surface area contributed by atoms with E-state index in [0.29, 0.717) is 17.0 Å². The molecule has 1 aliphatic heterocycles. The number of anilines is 2. The normalized spacial score (nSPS) is 18.2. The highest BCUT2D eigenvalue weighted by Gasteiger charge is 2.14. The molecule has 2 aromatic rings. The Hall–Kier alpha value is -1.63. The molecule has 2 N–H and O–H groups in total. The van der Waals surface area contributed by atoms with Crippen molar-refractivity contribution in [3.05, 3.63) is 40.8 Å². The first kappa shape index (κ1) is 16.2. The minimum absolute atomic E-state index is 0.323. The molecule has 0 saturated carbocycles. The average Bonchev–Trinajstić information content (AvgIpc) is 3.20. The standard InChI is InChI=1S/C16H19ClN4OS/c1-11(18-10-14-3-2-8-22-14)9-15-20-16(23-21-15)19-13-6-4-12(17)5-7-13/h4-7,9,14,18H,2-3,8,10H2,1H3,(H,19,20,21). The summed E-state index contributed by atoms with van der Waals surface area (Å²) >= 11 is 7.21. The van der Waals surface area contributed by atoms with Gasteiger partial charge in [-0.15, -0.1) is 0 Å². The van der Waals surface area contributed by atoms with Gasteiger partial charge in [0.15, 0.2) is 5.82 Å². The molecule has 1 saturated heterocycles. The van der Waals surface area contributed by atoms with E-state index in [4.69, 9.17) is 16.3 Å². The van der Waals surface area contributed by atoms with Crippen LogP contribution in [0.15, 0.2) is 30.0 Å². The van der Waals surface area contributed by atoms with Crippen molar-refractivity contribution in [2.45, 2.75) is 25.9 Å². The Balaban J connectivity index is 1.55. The Labute approximate surface area is 144 Å². The Morgan fingerprint density at radius 3 is 3.00 bits per heavy atom. The lowest BCUT2D eigenvalue weighted by Crippen LogP contribution is -2.24. The zero-order chi connectivity index (χ0) is 16.1. The van der Waals surface area contributed by atoms with Gasteiger partial charge in [0.1, 0.15) is 0 Å². The Bertz CT molecular complexity index is 665. The van der Waals surface area contributed by atoms with Crippen LogP contribution in [0.1, 0.15) is 25.6 Å². The Morgan fingerprint density at radius 2 is 2.26 bits per heavy atom. The second kappa shape index (κ2) is 7.77. The first-order valence-electron chi connectivity index (χ1n) is 7.59. The van der Waals surface area contributed by atoms with Crippen LogP contribution in [0.4, 0.5) is 10.8 Å². The van der Waals surface area contributed by atoms with Crippen molar-refractivity contribution in [3.63, 3.8) is 0 Å². The van der Waals surface area contributed by atoms with Crippen LogP contribution >= 0.6 is 23.1 Å². The van der Waals surface area contributed by atoms with Gasteiger partial charge in [-0.05, 0) is 44.0 Å². The van der Waals surface area contributed by atoms with Gasteiger partial charge in [0.25, 0.3) is 0 Å². The number of hydrogen-bond donors (Lipinski definition) is 2. The van der Waals surface area contributed by atoms with Gasteiger partial charge in [-0.25, -0.2) is 0 Å². The van der Waals surface area contributed by atoms with Gasteiger partial charge in [0.05, 0.1) is 6.10 Å². The highest BCUT2D eigenvalue weighted by Crippen LogP contribution is 2.21. The van der Waals surface area contributed by atoms with Crippen molar-refractivity contribution < 1.29 is 4.74 Å². The molecule has 0 radical (unpaired) electrons. The van der Waals surface area contributed by atoms with E-state index < -0.39 is 0 Å².